The second kappa shape index (κ2) is 3.09. The van der Waals surface area contributed by atoms with Gasteiger partial charge in [0.15, 0.2) is 0 Å². The number of nitrogens with zero attached hydrogens (tertiary/aromatic N) is 1. The van der Waals surface area contributed by atoms with Gasteiger partial charge in [-0.25, -0.2) is 4.79 Å². The quantitative estimate of drug-likeness (QED) is 0.295. The van der Waals surface area contributed by atoms with Crippen molar-refractivity contribution in [2.45, 2.75) is 5.12 Å². The zero-order valence-corrected chi connectivity index (χ0v) is 6.86. The topological polar surface area (TPSA) is 41.5 Å². The summed E-state index contributed by atoms with van der Waals surface area (Å²) in [5, 5.41) is 1.65. The summed E-state index contributed by atoms with van der Waals surface area (Å²) in [6, 6.07) is 0. The molecule has 1 rings (SSSR count). The number of hydrogen-bond donors (Lipinski definition) is 1. The molecule has 0 aromatic heterocycles. The number of alkyl halides is 1. The van der Waals surface area contributed by atoms with E-state index in [1.54, 1.807) is 12.2 Å². The van der Waals surface area contributed by atoms with Gasteiger partial charge >= 0.3 is 0 Å². The molecule has 0 fully saturated rings. The van der Waals surface area contributed by atoms with E-state index in [1.165, 1.54) is 12.2 Å². The number of aliphatic imine (C=N–C) groups is 1. The summed E-state index contributed by atoms with van der Waals surface area (Å²) in [5.41, 5.74) is 0. The lowest BCUT2D eigenvalue weighted by atomic mass is 10.3. The zero-order valence-electron chi connectivity index (χ0n) is 5.34. The van der Waals surface area contributed by atoms with Gasteiger partial charge in [-0.05, 0) is 12.2 Å². The van der Waals surface area contributed by atoms with Gasteiger partial charge in [0.2, 0.25) is 11.2 Å². The van der Waals surface area contributed by atoms with Crippen molar-refractivity contribution in [1.29, 1.82) is 0 Å². The molecule has 1 N–H and O–H groups in total. The van der Waals surface area contributed by atoms with Crippen LogP contribution in [0.15, 0.2) is 28.4 Å². The SMILES string of the molecule is O=C=NC1(Cl)C=CC=C(Cl)N1. The van der Waals surface area contributed by atoms with Crippen LogP contribution in [0.4, 0.5) is 0 Å². The first kappa shape index (κ1) is 8.34. The van der Waals surface area contributed by atoms with Crippen LogP contribution < -0.4 is 5.32 Å². The lowest BCUT2D eigenvalue weighted by Gasteiger charge is -2.20. The predicted molar refractivity (Wildman–Crippen MR) is 42.9 cm³/mol. The van der Waals surface area contributed by atoms with Crippen molar-refractivity contribution >= 4 is 29.3 Å². The molecule has 58 valence electrons. The molecule has 1 atom stereocenters. The Hall–Kier alpha value is -0.760. The zero-order chi connectivity index (χ0) is 8.32. The fraction of sp³-hybridized carbons (Fsp3) is 0.167. The van der Waals surface area contributed by atoms with Crippen LogP contribution in [-0.4, -0.2) is 11.2 Å². The van der Waals surface area contributed by atoms with Crippen LogP contribution in [0.2, 0.25) is 0 Å². The van der Waals surface area contributed by atoms with Gasteiger partial charge in [-0.1, -0.05) is 29.3 Å². The van der Waals surface area contributed by atoms with Crippen LogP contribution >= 0.6 is 23.2 Å². The predicted octanol–water partition coefficient (Wildman–Crippen LogP) is 1.45. The maximum absolute atomic E-state index is 9.87. The number of nitrogens with one attached hydrogen (secondary N) is 1. The normalized spacial score (nSPS) is 28.4. The minimum absolute atomic E-state index is 0.335. The highest BCUT2D eigenvalue weighted by atomic mass is 35.5. The van der Waals surface area contributed by atoms with Crippen molar-refractivity contribution in [3.8, 4) is 0 Å². The summed E-state index contributed by atoms with van der Waals surface area (Å²) in [7, 11) is 0. The average Bonchev–Trinajstić information content (AvgIpc) is 1.86. The first-order valence-corrected chi connectivity index (χ1v) is 3.53. The summed E-state index contributed by atoms with van der Waals surface area (Å²) >= 11 is 11.3. The highest BCUT2D eigenvalue weighted by Gasteiger charge is 2.24. The van der Waals surface area contributed by atoms with Gasteiger partial charge in [-0.2, -0.15) is 4.99 Å². The lowest BCUT2D eigenvalue weighted by Crippen LogP contribution is -2.35. The molecule has 3 nitrogen and oxygen atoms in total. The maximum Gasteiger partial charge on any atom is 0.238 e. The molecule has 0 aromatic rings. The molecule has 0 aliphatic carbocycles. The van der Waals surface area contributed by atoms with E-state index in [-0.39, 0.29) is 0 Å². The molecule has 0 aromatic carbocycles. The summed E-state index contributed by atoms with van der Waals surface area (Å²) in [6.45, 7) is 0. The third kappa shape index (κ3) is 2.09. The first-order chi connectivity index (χ1) is 5.16. The largest absolute Gasteiger partial charge is 0.335 e. The third-order valence-corrected chi connectivity index (χ3v) is 1.59. The van der Waals surface area contributed by atoms with E-state index in [2.05, 4.69) is 10.3 Å². The van der Waals surface area contributed by atoms with Crippen LogP contribution in [0, 0.1) is 0 Å². The Balaban J connectivity index is 2.86. The molecule has 1 unspecified atom stereocenters. The second-order valence-electron chi connectivity index (χ2n) is 1.88. The van der Waals surface area contributed by atoms with Gasteiger partial charge in [0.1, 0.15) is 5.16 Å². The molecule has 0 amide bonds. The number of rotatable bonds is 1. The molecule has 0 saturated carbocycles. The van der Waals surface area contributed by atoms with Crippen molar-refractivity contribution in [3.63, 3.8) is 0 Å². The minimum Gasteiger partial charge on any atom is -0.335 e. The fourth-order valence-corrected chi connectivity index (χ4v) is 1.12. The number of halogens is 2. The number of hydrogen-bond acceptors (Lipinski definition) is 3. The van der Waals surface area contributed by atoms with Crippen LogP contribution in [0.1, 0.15) is 0 Å². The van der Waals surface area contributed by atoms with Crippen molar-refractivity contribution in [3.05, 3.63) is 23.4 Å². The fourth-order valence-electron chi connectivity index (χ4n) is 0.643. The van der Waals surface area contributed by atoms with E-state index in [9.17, 15) is 4.79 Å². The molecular weight excluding hydrogens is 187 g/mol. The van der Waals surface area contributed by atoms with Crippen LogP contribution in [0.25, 0.3) is 0 Å². The van der Waals surface area contributed by atoms with Crippen molar-refractivity contribution in [2.75, 3.05) is 0 Å². The average molecular weight is 191 g/mol. The number of isocyanates is 1. The molecule has 1 aliphatic rings. The molecule has 1 heterocycles. The lowest BCUT2D eigenvalue weighted by molar-refractivity contribution is 0.551. The Morgan fingerprint density at radius 2 is 2.45 bits per heavy atom. The number of dihydropyridines is 1. The smallest absolute Gasteiger partial charge is 0.238 e. The Labute approximate surface area is 73.4 Å². The molecular formula is C6H4Cl2N2O. The van der Waals surface area contributed by atoms with Gasteiger partial charge in [0.05, 0.1) is 0 Å². The van der Waals surface area contributed by atoms with Crippen molar-refractivity contribution in [2.24, 2.45) is 4.99 Å². The summed E-state index contributed by atoms with van der Waals surface area (Å²) < 4.78 is 0. The molecule has 1 aliphatic heterocycles. The third-order valence-electron chi connectivity index (χ3n) is 1.06. The van der Waals surface area contributed by atoms with Crippen LogP contribution in [0.5, 0.6) is 0 Å². The Bertz CT molecular complexity index is 268. The van der Waals surface area contributed by atoms with Crippen molar-refractivity contribution in [1.82, 2.24) is 5.32 Å². The van der Waals surface area contributed by atoms with Crippen LogP contribution in [0.3, 0.4) is 0 Å². The van der Waals surface area contributed by atoms with E-state index >= 15 is 0 Å². The van der Waals surface area contributed by atoms with Gasteiger partial charge in [-0.3, -0.25) is 0 Å². The minimum atomic E-state index is -1.26. The maximum atomic E-state index is 9.87. The highest BCUT2D eigenvalue weighted by Crippen LogP contribution is 2.21. The standard InChI is InChI=1S/C6H4Cl2N2O/c7-5-2-1-3-6(8,10-5)9-4-11/h1-3,10H. The van der Waals surface area contributed by atoms with E-state index in [4.69, 9.17) is 23.2 Å². The highest BCUT2D eigenvalue weighted by molar-refractivity contribution is 6.31. The van der Waals surface area contributed by atoms with E-state index < -0.39 is 5.12 Å². The summed E-state index contributed by atoms with van der Waals surface area (Å²) in [4.78, 5) is 13.2. The monoisotopic (exact) mass is 190 g/mol. The Morgan fingerprint density at radius 3 is 3.00 bits per heavy atom. The summed E-state index contributed by atoms with van der Waals surface area (Å²) in [6.07, 6.45) is 6.04. The number of carbonyl (C=O) groups excluding carboxylic acids is 1. The second-order valence-corrected chi connectivity index (χ2v) is 2.86. The van der Waals surface area contributed by atoms with Gasteiger partial charge in [-0.15, -0.1) is 0 Å². The molecule has 0 radical (unpaired) electrons. The summed E-state index contributed by atoms with van der Waals surface area (Å²) in [5.74, 6) is 0. The van der Waals surface area contributed by atoms with Crippen LogP contribution in [-0.2, 0) is 4.79 Å². The van der Waals surface area contributed by atoms with Gasteiger partial charge < -0.3 is 5.32 Å². The Kier molecular flexibility index (Phi) is 2.35. The molecule has 0 spiro atoms. The first-order valence-electron chi connectivity index (χ1n) is 2.77. The molecule has 11 heavy (non-hydrogen) atoms. The van der Waals surface area contributed by atoms with E-state index in [0.29, 0.717) is 5.16 Å². The van der Waals surface area contributed by atoms with E-state index in [0.717, 1.165) is 0 Å². The van der Waals surface area contributed by atoms with Gasteiger partial charge in [0, 0.05) is 0 Å². The van der Waals surface area contributed by atoms with Gasteiger partial charge in [0.25, 0.3) is 0 Å². The van der Waals surface area contributed by atoms with E-state index in [1.807, 2.05) is 0 Å². The molecule has 0 bridgehead atoms. The molecule has 5 heteroatoms. The van der Waals surface area contributed by atoms with Crippen molar-refractivity contribution < 1.29 is 4.79 Å². The molecule has 0 saturated heterocycles. The number of allylic oxidation sites excluding steroid dienone is 2. The Morgan fingerprint density at radius 1 is 1.73 bits per heavy atom.